The van der Waals surface area contributed by atoms with Gasteiger partial charge in [0.25, 0.3) is 0 Å². The van der Waals surface area contributed by atoms with Crippen LogP contribution in [0.3, 0.4) is 0 Å². The molecule has 2 nitrogen and oxygen atoms in total. The summed E-state index contributed by atoms with van der Waals surface area (Å²) in [5.74, 6) is -0.160. The number of carbonyl (C=O) groups is 1. The van der Waals surface area contributed by atoms with E-state index in [-0.39, 0.29) is 11.9 Å². The first-order valence-corrected chi connectivity index (χ1v) is 10.4. The lowest BCUT2D eigenvalue weighted by Gasteiger charge is -2.21. The zero-order valence-corrected chi connectivity index (χ0v) is 14.1. The predicted molar refractivity (Wildman–Crippen MR) is 88.1 cm³/mol. The summed E-state index contributed by atoms with van der Waals surface area (Å²) < 4.78 is 4.75. The summed E-state index contributed by atoms with van der Waals surface area (Å²) in [5, 5.41) is 1.46. The molecule has 0 saturated heterocycles. The van der Waals surface area contributed by atoms with Gasteiger partial charge < -0.3 is 4.74 Å². The molecule has 1 aromatic carbocycles. The molecular weight excluding hydrogens is 264 g/mol. The second kappa shape index (κ2) is 7.43. The molecule has 0 fully saturated rings. The average molecular weight is 290 g/mol. The number of carbonyl (C=O) groups excluding carboxylic acids is 1. The maximum atomic E-state index is 11.4. The van der Waals surface area contributed by atoms with Gasteiger partial charge in [-0.1, -0.05) is 55.5 Å². The number of allylic oxidation sites excluding steroid dienone is 1. The summed E-state index contributed by atoms with van der Waals surface area (Å²) >= 11 is 0. The monoisotopic (exact) mass is 290 g/mol. The highest BCUT2D eigenvalue weighted by atomic mass is 28.3. The standard InChI is InChI=1S/C17H26O2Si/c1-6-13-20(4,5)16-11-9-15(10-12-16)8-7-14(2)17(18)19-3/h6,9-12,14H,1,7-8,13H2,2-5H3/t14-/m0/s1. The highest BCUT2D eigenvalue weighted by Crippen LogP contribution is 2.13. The quantitative estimate of drug-likeness (QED) is 0.436. The van der Waals surface area contributed by atoms with E-state index >= 15 is 0 Å². The molecule has 0 radical (unpaired) electrons. The predicted octanol–water partition coefficient (Wildman–Crippen LogP) is 3.53. The van der Waals surface area contributed by atoms with Gasteiger partial charge in [-0.3, -0.25) is 4.79 Å². The third-order valence-corrected chi connectivity index (χ3v) is 7.07. The summed E-state index contributed by atoms with van der Waals surface area (Å²) in [5.41, 5.74) is 1.29. The molecule has 0 amide bonds. The average Bonchev–Trinajstić information content (AvgIpc) is 2.44. The van der Waals surface area contributed by atoms with Crippen LogP contribution in [-0.2, 0) is 16.0 Å². The van der Waals surface area contributed by atoms with Crippen molar-refractivity contribution in [2.75, 3.05) is 7.11 Å². The minimum Gasteiger partial charge on any atom is -0.469 e. The van der Waals surface area contributed by atoms with Crippen LogP contribution >= 0.6 is 0 Å². The Kier molecular flexibility index (Phi) is 6.21. The Morgan fingerprint density at radius 2 is 1.95 bits per heavy atom. The van der Waals surface area contributed by atoms with E-state index in [0.29, 0.717) is 0 Å². The third-order valence-electron chi connectivity index (χ3n) is 3.86. The number of hydrogen-bond acceptors (Lipinski definition) is 2. The Balaban J connectivity index is 2.63. The van der Waals surface area contributed by atoms with Gasteiger partial charge in [-0.05, 0) is 24.4 Å². The highest BCUT2D eigenvalue weighted by molar-refractivity contribution is 6.90. The van der Waals surface area contributed by atoms with Gasteiger partial charge in [-0.25, -0.2) is 0 Å². The van der Waals surface area contributed by atoms with Crippen molar-refractivity contribution in [3.8, 4) is 0 Å². The van der Waals surface area contributed by atoms with E-state index in [9.17, 15) is 4.79 Å². The number of benzene rings is 1. The van der Waals surface area contributed by atoms with Gasteiger partial charge >= 0.3 is 5.97 Å². The molecule has 1 rings (SSSR count). The van der Waals surface area contributed by atoms with Gasteiger partial charge in [0.15, 0.2) is 0 Å². The Bertz CT molecular complexity index is 449. The SMILES string of the molecule is C=CC[Si](C)(C)c1ccc(CC[C@H](C)C(=O)OC)cc1. The second-order valence-corrected chi connectivity index (χ2v) is 10.8. The van der Waals surface area contributed by atoms with E-state index in [4.69, 9.17) is 4.74 Å². The van der Waals surface area contributed by atoms with Crippen molar-refractivity contribution >= 4 is 19.2 Å². The van der Waals surface area contributed by atoms with Gasteiger partial charge in [0.1, 0.15) is 0 Å². The number of aryl methyl sites for hydroxylation is 1. The number of ether oxygens (including phenoxy) is 1. The fourth-order valence-corrected chi connectivity index (χ4v) is 4.33. The van der Waals surface area contributed by atoms with Crippen LogP contribution < -0.4 is 5.19 Å². The first-order valence-electron chi connectivity index (χ1n) is 7.19. The van der Waals surface area contributed by atoms with Crippen LogP contribution in [0.15, 0.2) is 36.9 Å². The first-order chi connectivity index (χ1) is 9.40. The molecule has 1 aromatic rings. The minimum absolute atomic E-state index is 0.0359. The van der Waals surface area contributed by atoms with Gasteiger partial charge in [-0.2, -0.15) is 0 Å². The van der Waals surface area contributed by atoms with Crippen molar-refractivity contribution in [1.82, 2.24) is 0 Å². The van der Waals surface area contributed by atoms with Crippen LogP contribution in [-0.4, -0.2) is 21.2 Å². The second-order valence-electron chi connectivity index (χ2n) is 6.04. The number of rotatable bonds is 7. The summed E-state index contributed by atoms with van der Waals surface area (Å²) in [6.07, 6.45) is 3.78. The Hall–Kier alpha value is -1.35. The van der Waals surface area contributed by atoms with Crippen LogP contribution in [0.4, 0.5) is 0 Å². The molecule has 0 aliphatic rings. The van der Waals surface area contributed by atoms with E-state index in [1.54, 1.807) is 0 Å². The van der Waals surface area contributed by atoms with E-state index < -0.39 is 8.07 Å². The van der Waals surface area contributed by atoms with E-state index in [2.05, 4.69) is 43.9 Å². The largest absolute Gasteiger partial charge is 0.469 e. The van der Waals surface area contributed by atoms with Crippen LogP contribution in [0.25, 0.3) is 0 Å². The van der Waals surface area contributed by atoms with Crippen molar-refractivity contribution in [2.45, 2.75) is 38.9 Å². The number of esters is 1. The lowest BCUT2D eigenvalue weighted by atomic mass is 10.0. The van der Waals surface area contributed by atoms with Crippen molar-refractivity contribution in [2.24, 2.45) is 5.92 Å². The Labute approximate surface area is 123 Å². The van der Waals surface area contributed by atoms with E-state index in [1.807, 2.05) is 13.0 Å². The smallest absolute Gasteiger partial charge is 0.308 e. The summed E-state index contributed by atoms with van der Waals surface area (Å²) in [7, 11) is 0.0814. The number of hydrogen-bond donors (Lipinski definition) is 0. The van der Waals surface area contributed by atoms with Crippen LogP contribution in [0.5, 0.6) is 0 Å². The molecule has 0 aromatic heterocycles. The molecule has 20 heavy (non-hydrogen) atoms. The topological polar surface area (TPSA) is 26.3 Å². The molecular formula is C17H26O2Si. The molecule has 0 aliphatic carbocycles. The maximum absolute atomic E-state index is 11.4. The lowest BCUT2D eigenvalue weighted by molar-refractivity contribution is -0.145. The fraction of sp³-hybridized carbons (Fsp3) is 0.471. The Morgan fingerprint density at radius 1 is 1.35 bits per heavy atom. The fourth-order valence-electron chi connectivity index (χ4n) is 2.30. The normalized spacial score (nSPS) is 12.8. The van der Waals surface area contributed by atoms with Crippen LogP contribution in [0.2, 0.25) is 19.1 Å². The van der Waals surface area contributed by atoms with Gasteiger partial charge in [0.2, 0.25) is 0 Å². The summed E-state index contributed by atoms with van der Waals surface area (Å²) in [6.45, 7) is 10.5. The minimum atomic E-state index is -1.36. The molecule has 0 bridgehead atoms. The van der Waals surface area contributed by atoms with Crippen LogP contribution in [0.1, 0.15) is 18.9 Å². The third kappa shape index (κ3) is 4.64. The van der Waals surface area contributed by atoms with Gasteiger partial charge in [0.05, 0.1) is 21.1 Å². The molecule has 0 N–H and O–H groups in total. The van der Waals surface area contributed by atoms with Crippen molar-refractivity contribution in [3.05, 3.63) is 42.5 Å². The van der Waals surface area contributed by atoms with E-state index in [1.165, 1.54) is 17.9 Å². The molecule has 110 valence electrons. The van der Waals surface area contributed by atoms with Gasteiger partial charge in [0, 0.05) is 0 Å². The van der Waals surface area contributed by atoms with Crippen LogP contribution in [0, 0.1) is 5.92 Å². The molecule has 0 unspecified atom stereocenters. The van der Waals surface area contributed by atoms with Crippen molar-refractivity contribution in [1.29, 1.82) is 0 Å². The molecule has 1 atom stereocenters. The lowest BCUT2D eigenvalue weighted by Crippen LogP contribution is -2.40. The van der Waals surface area contributed by atoms with E-state index in [0.717, 1.165) is 18.9 Å². The number of methoxy groups -OCH3 is 1. The molecule has 0 heterocycles. The van der Waals surface area contributed by atoms with Gasteiger partial charge in [-0.15, -0.1) is 6.58 Å². The zero-order valence-electron chi connectivity index (χ0n) is 13.1. The van der Waals surface area contributed by atoms with Crippen molar-refractivity contribution in [3.63, 3.8) is 0 Å². The maximum Gasteiger partial charge on any atom is 0.308 e. The summed E-state index contributed by atoms with van der Waals surface area (Å²) in [4.78, 5) is 11.4. The molecule has 0 saturated carbocycles. The van der Waals surface area contributed by atoms with Crippen molar-refractivity contribution < 1.29 is 9.53 Å². The Morgan fingerprint density at radius 3 is 2.45 bits per heavy atom. The molecule has 0 aliphatic heterocycles. The zero-order chi connectivity index (χ0) is 15.2. The highest BCUT2D eigenvalue weighted by Gasteiger charge is 2.21. The first kappa shape index (κ1) is 16.7. The molecule has 3 heteroatoms. The molecule has 0 spiro atoms. The summed E-state index contributed by atoms with van der Waals surface area (Å²) in [6, 6.07) is 9.97.